The summed E-state index contributed by atoms with van der Waals surface area (Å²) in [6.07, 6.45) is -2.20. The lowest BCUT2D eigenvalue weighted by atomic mass is 10.2. The molecule has 1 aromatic rings. The Hall–Kier alpha value is -1.86. The van der Waals surface area contributed by atoms with Crippen molar-refractivity contribution in [1.29, 1.82) is 0 Å². The first kappa shape index (κ1) is 11.2. The Bertz CT molecular complexity index is 405. The third-order valence-electron chi connectivity index (χ3n) is 1.44. The minimum absolute atomic E-state index is 0.959. The molecule has 0 aromatic heterocycles. The fourth-order valence-corrected chi connectivity index (χ4v) is 0.817. The van der Waals surface area contributed by atoms with Crippen LogP contribution in [0.3, 0.4) is 0 Å². The molecule has 0 heterocycles. The predicted molar refractivity (Wildman–Crippen MR) is 35.9 cm³/mol. The van der Waals surface area contributed by atoms with Crippen molar-refractivity contribution < 1.29 is 31.9 Å². The van der Waals surface area contributed by atoms with Gasteiger partial charge in [-0.2, -0.15) is 0 Å². The molecule has 0 saturated carbocycles. The highest BCUT2D eigenvalue weighted by molar-refractivity contribution is 5.82. The monoisotopic (exact) mass is 226 g/mol. The van der Waals surface area contributed by atoms with Crippen LogP contribution >= 0.6 is 0 Å². The number of rotatable bonds is 1. The number of nitrogens with one attached hydrogen (secondary N) is 1. The maximum atomic E-state index is 12.7. The van der Waals surface area contributed by atoms with Crippen LogP contribution in [-0.2, 0) is 5.11 Å². The molecule has 8 heteroatoms. The lowest BCUT2D eigenvalue weighted by Crippen LogP contribution is -2.13. The number of hydrogen-bond donors (Lipinski definition) is 1. The van der Waals surface area contributed by atoms with Crippen molar-refractivity contribution in [3.8, 4) is 0 Å². The van der Waals surface area contributed by atoms with Crippen LogP contribution < -0.4 is 5.32 Å². The third-order valence-corrected chi connectivity index (χ3v) is 1.44. The van der Waals surface area contributed by atoms with Crippen LogP contribution in [0.25, 0.3) is 0 Å². The molecule has 15 heavy (non-hydrogen) atoms. The minimum Gasteiger partial charge on any atom is -0.283 e. The Morgan fingerprint density at radius 1 is 0.800 bits per heavy atom. The van der Waals surface area contributed by atoms with E-state index in [-0.39, 0.29) is 0 Å². The maximum absolute atomic E-state index is 12.7. The first-order chi connectivity index (χ1) is 6.86. The van der Waals surface area contributed by atoms with E-state index in [1.807, 2.05) is 0 Å². The molecule has 1 amide bonds. The van der Waals surface area contributed by atoms with E-state index < -0.39 is 40.9 Å². The van der Waals surface area contributed by atoms with Gasteiger partial charge in [0, 0.05) is 0 Å². The van der Waals surface area contributed by atoms with E-state index in [4.69, 9.17) is 0 Å². The predicted octanol–water partition coefficient (Wildman–Crippen LogP) is 2.34. The molecule has 0 aliphatic carbocycles. The highest BCUT2D eigenvalue weighted by atomic mass is 19.2. The summed E-state index contributed by atoms with van der Waals surface area (Å²) in [6.45, 7) is 0. The quantitative estimate of drug-likeness (QED) is 0.446. The van der Waals surface area contributed by atoms with E-state index in [1.165, 1.54) is 0 Å². The van der Waals surface area contributed by atoms with Crippen molar-refractivity contribution in [3.05, 3.63) is 29.1 Å². The van der Waals surface area contributed by atoms with E-state index in [2.05, 4.69) is 0 Å². The molecule has 81 valence electrons. The van der Waals surface area contributed by atoms with Crippen molar-refractivity contribution >= 4 is 11.8 Å². The Kier molecular flexibility index (Phi) is 2.78. The topological polar surface area (TPSA) is 49.0 Å². The van der Waals surface area contributed by atoms with Crippen LogP contribution in [0.1, 0.15) is 0 Å². The lowest BCUT2D eigenvalue weighted by Gasteiger charge is -2.06. The zero-order chi connectivity index (χ0) is 11.7. The summed E-state index contributed by atoms with van der Waals surface area (Å²) in [5.74, 6) is -11.4. The van der Waals surface area contributed by atoms with Crippen LogP contribution in [0.4, 0.5) is 32.4 Å². The van der Waals surface area contributed by atoms with Gasteiger partial charge in [-0.15, -0.1) is 0 Å². The van der Waals surface area contributed by atoms with Crippen LogP contribution in [0.2, 0.25) is 0 Å². The molecule has 1 radical (unpaired) electrons. The molecule has 0 unspecified atom stereocenters. The molecular weight excluding hydrogens is 225 g/mol. The normalized spacial score (nSPS) is 10.2. The van der Waals surface area contributed by atoms with Crippen molar-refractivity contribution in [2.24, 2.45) is 0 Å². The summed E-state index contributed by atoms with van der Waals surface area (Å²) >= 11 is 0. The van der Waals surface area contributed by atoms with Gasteiger partial charge in [-0.3, -0.25) is 5.32 Å². The number of hydrogen-bond acceptors (Lipinski definition) is 1. The molecule has 3 nitrogen and oxygen atoms in total. The number of benzene rings is 1. The smallest absolute Gasteiger partial charge is 0.283 e. The molecular formula is C7HF5NO2. The van der Waals surface area contributed by atoms with Crippen LogP contribution in [-0.4, -0.2) is 6.09 Å². The van der Waals surface area contributed by atoms with Gasteiger partial charge in [0.15, 0.2) is 23.3 Å². The van der Waals surface area contributed by atoms with Crippen molar-refractivity contribution in [2.45, 2.75) is 0 Å². The second kappa shape index (κ2) is 3.71. The molecule has 0 aliphatic heterocycles. The van der Waals surface area contributed by atoms with Crippen molar-refractivity contribution in [1.82, 2.24) is 0 Å². The zero-order valence-electron chi connectivity index (χ0n) is 6.71. The maximum Gasteiger partial charge on any atom is 0.455 e. The van der Waals surface area contributed by atoms with Gasteiger partial charge in [0.05, 0.1) is 0 Å². The number of amides is 1. The van der Waals surface area contributed by atoms with Gasteiger partial charge in [0.2, 0.25) is 5.82 Å². The Balaban J connectivity index is 3.45. The van der Waals surface area contributed by atoms with E-state index in [0.717, 1.165) is 5.32 Å². The first-order valence-electron chi connectivity index (χ1n) is 3.35. The SMILES string of the molecule is [O]C(=O)Nc1c(F)c(F)c(F)c(F)c1F. The van der Waals surface area contributed by atoms with Gasteiger partial charge < -0.3 is 0 Å². The third kappa shape index (κ3) is 1.83. The Morgan fingerprint density at radius 2 is 1.13 bits per heavy atom. The summed E-state index contributed by atoms with van der Waals surface area (Å²) in [5, 5.41) is 10.8. The molecule has 1 aromatic carbocycles. The van der Waals surface area contributed by atoms with Gasteiger partial charge in [0.1, 0.15) is 5.69 Å². The lowest BCUT2D eigenvalue weighted by molar-refractivity contribution is 0.184. The highest BCUT2D eigenvalue weighted by Gasteiger charge is 2.26. The fraction of sp³-hybridized carbons (Fsp3) is 0. The fourth-order valence-electron chi connectivity index (χ4n) is 0.817. The minimum atomic E-state index is -2.37. The van der Waals surface area contributed by atoms with E-state index >= 15 is 0 Å². The van der Waals surface area contributed by atoms with Crippen LogP contribution in [0.5, 0.6) is 0 Å². The van der Waals surface area contributed by atoms with E-state index in [9.17, 15) is 31.9 Å². The van der Waals surface area contributed by atoms with Gasteiger partial charge >= 0.3 is 6.09 Å². The number of carbonyl (C=O) groups is 1. The molecule has 1 rings (SSSR count). The molecule has 0 saturated heterocycles. The average molecular weight is 226 g/mol. The standard InChI is InChI=1S/C7HF5NO2/c8-1-2(9)4(11)6(13-7(14)15)5(12)3(1)10/h13H. The second-order valence-electron chi connectivity index (χ2n) is 2.36. The number of anilines is 1. The van der Waals surface area contributed by atoms with Crippen molar-refractivity contribution in [3.63, 3.8) is 0 Å². The second-order valence-corrected chi connectivity index (χ2v) is 2.36. The summed E-state index contributed by atoms with van der Waals surface area (Å²) in [6, 6.07) is 0. The van der Waals surface area contributed by atoms with Gasteiger partial charge in [-0.25, -0.2) is 31.9 Å². The largest absolute Gasteiger partial charge is 0.455 e. The zero-order valence-corrected chi connectivity index (χ0v) is 6.71. The number of halogens is 5. The molecule has 0 atom stereocenters. The molecule has 0 fully saturated rings. The summed E-state index contributed by atoms with van der Waals surface area (Å²) in [4.78, 5) is 9.89. The Labute approximate surface area is 79.1 Å². The highest BCUT2D eigenvalue weighted by Crippen LogP contribution is 2.26. The summed E-state index contributed by atoms with van der Waals surface area (Å²) in [5.41, 5.74) is -1.66. The molecule has 0 aliphatic rings. The molecule has 0 spiro atoms. The summed E-state index contributed by atoms with van der Waals surface area (Å²) < 4.78 is 62.7. The van der Waals surface area contributed by atoms with Gasteiger partial charge in [0.25, 0.3) is 0 Å². The molecule has 0 bridgehead atoms. The molecule has 1 N–H and O–H groups in total. The Morgan fingerprint density at radius 3 is 1.47 bits per heavy atom. The van der Waals surface area contributed by atoms with Gasteiger partial charge in [-0.05, 0) is 0 Å². The van der Waals surface area contributed by atoms with Crippen LogP contribution in [0.15, 0.2) is 0 Å². The van der Waals surface area contributed by atoms with Gasteiger partial charge in [-0.1, -0.05) is 0 Å². The van der Waals surface area contributed by atoms with Crippen LogP contribution in [0, 0.1) is 29.1 Å². The van der Waals surface area contributed by atoms with Crippen molar-refractivity contribution in [2.75, 3.05) is 5.32 Å². The summed E-state index contributed by atoms with van der Waals surface area (Å²) in [7, 11) is 0. The first-order valence-corrected chi connectivity index (χ1v) is 3.35. The van der Waals surface area contributed by atoms with E-state index in [1.54, 1.807) is 0 Å². The number of carbonyl (C=O) groups excluding carboxylic acids is 1. The van der Waals surface area contributed by atoms with E-state index in [0.29, 0.717) is 0 Å². The average Bonchev–Trinajstić information content (AvgIpc) is 2.18.